The number of hydrogen-bond donors (Lipinski definition) is 4. The maximum absolute atomic E-state index is 3.81. The molecule has 0 aromatic carbocycles. The zero-order chi connectivity index (χ0) is 9.07. The van der Waals surface area contributed by atoms with Crippen LogP contribution in [0.15, 0.2) is 0 Å². The van der Waals surface area contributed by atoms with E-state index in [4.69, 9.17) is 0 Å². The molecule has 0 bridgehead atoms. The van der Waals surface area contributed by atoms with Crippen LogP contribution >= 0.6 is 0 Å². The third-order valence-corrected chi connectivity index (χ3v) is 1.89. The van der Waals surface area contributed by atoms with Crippen molar-refractivity contribution in [2.24, 2.45) is 0 Å². The lowest BCUT2D eigenvalue weighted by atomic mass is 10.4. The minimum atomic E-state index is 1.07. The quantitative estimate of drug-likeness (QED) is 0.256. The second kappa shape index (κ2) is 10.8. The predicted molar refractivity (Wildman–Crippen MR) is 48.1 cm³/mol. The van der Waals surface area contributed by atoms with Crippen LogP contribution in [0.25, 0.3) is 0 Å². The molecule has 0 amide bonds. The van der Waals surface area contributed by atoms with Crippen molar-refractivity contribution in [3.63, 3.8) is 0 Å². The van der Waals surface area contributed by atoms with Gasteiger partial charge in [0.2, 0.25) is 0 Å². The van der Waals surface area contributed by atoms with Crippen molar-refractivity contribution in [1.82, 2.24) is 0 Å². The molecule has 0 fully saturated rings. The summed E-state index contributed by atoms with van der Waals surface area (Å²) >= 11 is 0. The van der Waals surface area contributed by atoms with Crippen LogP contribution in [0.1, 0.15) is 12.8 Å². The summed E-state index contributed by atoms with van der Waals surface area (Å²) in [7, 11) is 0. The second-order valence-corrected chi connectivity index (χ2v) is 3.15. The fourth-order valence-corrected chi connectivity index (χ4v) is 1.10. The number of hydrogen-bond acceptors (Lipinski definition) is 0. The summed E-state index contributed by atoms with van der Waals surface area (Å²) in [5.41, 5.74) is 7.62. The summed E-state index contributed by atoms with van der Waals surface area (Å²) in [6.45, 7) is 7.12. The first-order valence-electron chi connectivity index (χ1n) is 5.13. The highest BCUT2D eigenvalue weighted by Gasteiger charge is 1.93. The first-order chi connectivity index (χ1) is 5.91. The van der Waals surface area contributed by atoms with E-state index in [1.54, 1.807) is 0 Å². The smallest absolute Gasteiger partial charge is 0.125 e. The van der Waals surface area contributed by atoms with Crippen molar-refractivity contribution in [1.29, 1.82) is 0 Å². The van der Waals surface area contributed by atoms with Gasteiger partial charge in [-0.05, 0) is 0 Å². The first kappa shape index (κ1) is 11.8. The SMILES string of the molecule is [NH3+]CCC[NH2+]CC[NH2+]CCC[NH3+]. The Morgan fingerprint density at radius 2 is 1.08 bits per heavy atom. The lowest BCUT2D eigenvalue weighted by Gasteiger charge is -1.99. The van der Waals surface area contributed by atoms with E-state index >= 15 is 0 Å². The van der Waals surface area contributed by atoms with Gasteiger partial charge >= 0.3 is 0 Å². The van der Waals surface area contributed by atoms with Gasteiger partial charge in [-0.2, -0.15) is 0 Å². The van der Waals surface area contributed by atoms with Crippen LogP contribution in [0, 0.1) is 0 Å². The lowest BCUT2D eigenvalue weighted by Crippen LogP contribution is -2.95. The summed E-state index contributed by atoms with van der Waals surface area (Å²) in [5.74, 6) is 0. The summed E-state index contributed by atoms with van der Waals surface area (Å²) in [6, 6.07) is 0. The Labute approximate surface area is 75.1 Å². The van der Waals surface area contributed by atoms with Crippen LogP contribution in [0.4, 0.5) is 0 Å². The predicted octanol–water partition coefficient (Wildman–Crippen LogP) is -4.62. The van der Waals surface area contributed by atoms with Gasteiger partial charge in [-0.1, -0.05) is 0 Å². The molecule has 0 aromatic heterocycles. The third kappa shape index (κ3) is 9.84. The maximum atomic E-state index is 3.81. The zero-order valence-corrected chi connectivity index (χ0v) is 8.23. The molecule has 74 valence electrons. The summed E-state index contributed by atoms with van der Waals surface area (Å²) in [4.78, 5) is 0. The van der Waals surface area contributed by atoms with E-state index in [0.29, 0.717) is 0 Å². The highest BCUT2D eigenvalue weighted by molar-refractivity contribution is 4.26. The maximum Gasteiger partial charge on any atom is 0.125 e. The Balaban J connectivity index is 2.73. The molecule has 10 N–H and O–H groups in total. The van der Waals surface area contributed by atoms with Crippen molar-refractivity contribution in [2.45, 2.75) is 12.8 Å². The van der Waals surface area contributed by atoms with Gasteiger partial charge in [0, 0.05) is 12.8 Å². The highest BCUT2D eigenvalue weighted by Crippen LogP contribution is 1.58. The van der Waals surface area contributed by atoms with E-state index in [0.717, 1.165) is 13.1 Å². The molecule has 0 heterocycles. The average molecular weight is 178 g/mol. The molecule has 0 atom stereocenters. The normalized spacial score (nSPS) is 10.5. The van der Waals surface area contributed by atoms with E-state index in [-0.39, 0.29) is 0 Å². The van der Waals surface area contributed by atoms with Crippen molar-refractivity contribution in [3.8, 4) is 0 Å². The molecule has 0 aliphatic carbocycles. The Bertz CT molecular complexity index is 67.5. The number of nitrogens with two attached hydrogens (primary N) is 2. The molecule has 0 unspecified atom stereocenters. The fourth-order valence-electron chi connectivity index (χ4n) is 1.10. The molecular formula is C8H26N4+4. The minimum Gasteiger partial charge on any atom is -0.357 e. The van der Waals surface area contributed by atoms with Crippen molar-refractivity contribution < 1.29 is 22.1 Å². The van der Waals surface area contributed by atoms with E-state index in [9.17, 15) is 0 Å². The topological polar surface area (TPSA) is 88.5 Å². The molecule has 0 saturated carbocycles. The molecule has 4 heteroatoms. The molecule has 0 saturated heterocycles. The summed E-state index contributed by atoms with van der Waals surface area (Å²) in [5, 5.41) is 4.76. The van der Waals surface area contributed by atoms with Crippen LogP contribution in [-0.2, 0) is 0 Å². The Morgan fingerprint density at radius 1 is 0.667 bits per heavy atom. The van der Waals surface area contributed by atoms with Gasteiger partial charge in [0.05, 0.1) is 26.2 Å². The van der Waals surface area contributed by atoms with E-state index in [2.05, 4.69) is 22.1 Å². The molecule has 0 radical (unpaired) electrons. The molecule has 4 nitrogen and oxygen atoms in total. The van der Waals surface area contributed by atoms with E-state index < -0.39 is 0 Å². The minimum absolute atomic E-state index is 1.07. The highest BCUT2D eigenvalue weighted by atomic mass is 14.9. The Morgan fingerprint density at radius 3 is 1.42 bits per heavy atom. The van der Waals surface area contributed by atoms with Gasteiger partial charge in [-0.15, -0.1) is 0 Å². The van der Waals surface area contributed by atoms with Gasteiger partial charge in [0.25, 0.3) is 0 Å². The summed E-state index contributed by atoms with van der Waals surface area (Å²) in [6.07, 6.45) is 2.50. The van der Waals surface area contributed by atoms with Gasteiger partial charge in [-0.25, -0.2) is 0 Å². The Kier molecular flexibility index (Phi) is 10.7. The van der Waals surface area contributed by atoms with Gasteiger partial charge in [0.1, 0.15) is 13.1 Å². The third-order valence-electron chi connectivity index (χ3n) is 1.89. The number of quaternary nitrogens is 4. The van der Waals surface area contributed by atoms with Crippen LogP contribution in [0.5, 0.6) is 0 Å². The van der Waals surface area contributed by atoms with Crippen molar-refractivity contribution in [2.75, 3.05) is 39.3 Å². The number of rotatable bonds is 9. The standard InChI is InChI=1S/C8H22N4/c9-3-1-5-11-7-8-12-6-2-4-10/h11-12H,1-10H2/p+4. The van der Waals surface area contributed by atoms with Crippen LogP contribution in [0.2, 0.25) is 0 Å². The van der Waals surface area contributed by atoms with Crippen LogP contribution < -0.4 is 22.1 Å². The van der Waals surface area contributed by atoms with Gasteiger partial charge < -0.3 is 22.1 Å². The molecule has 0 rings (SSSR count). The zero-order valence-electron chi connectivity index (χ0n) is 8.23. The molecule has 12 heavy (non-hydrogen) atoms. The lowest BCUT2D eigenvalue weighted by molar-refractivity contribution is -0.724. The average Bonchev–Trinajstić information content (AvgIpc) is 2.10. The van der Waals surface area contributed by atoms with E-state index in [1.165, 1.54) is 39.0 Å². The molecule has 0 aliphatic rings. The van der Waals surface area contributed by atoms with Crippen LogP contribution in [0.3, 0.4) is 0 Å². The molecular weight excluding hydrogens is 152 g/mol. The molecule has 0 aliphatic heterocycles. The monoisotopic (exact) mass is 178 g/mol. The summed E-state index contributed by atoms with van der Waals surface area (Å²) < 4.78 is 0. The molecule has 0 spiro atoms. The van der Waals surface area contributed by atoms with Crippen molar-refractivity contribution in [3.05, 3.63) is 0 Å². The first-order valence-corrected chi connectivity index (χ1v) is 5.13. The van der Waals surface area contributed by atoms with Gasteiger partial charge in [-0.3, -0.25) is 0 Å². The van der Waals surface area contributed by atoms with Crippen LogP contribution in [-0.4, -0.2) is 39.3 Å². The van der Waals surface area contributed by atoms with Crippen molar-refractivity contribution >= 4 is 0 Å². The molecule has 0 aromatic rings. The largest absolute Gasteiger partial charge is 0.357 e. The fraction of sp³-hybridized carbons (Fsp3) is 1.00. The Hall–Kier alpha value is -0.160. The van der Waals surface area contributed by atoms with E-state index in [1.807, 2.05) is 0 Å². The van der Waals surface area contributed by atoms with Gasteiger partial charge in [0.15, 0.2) is 0 Å². The second-order valence-electron chi connectivity index (χ2n) is 3.15.